The van der Waals surface area contributed by atoms with Crippen molar-refractivity contribution >= 4 is 21.4 Å². The molecule has 2 aliphatic rings. The first-order valence-corrected chi connectivity index (χ1v) is 9.50. The lowest BCUT2D eigenvalue weighted by atomic mass is 10.00. The molecule has 0 aliphatic carbocycles. The number of nitrogens with one attached hydrogen (secondary N) is 1. The summed E-state index contributed by atoms with van der Waals surface area (Å²) in [5, 5.41) is 1.82. The fourth-order valence-electron chi connectivity index (χ4n) is 3.24. The Morgan fingerprint density at radius 1 is 1.35 bits per heavy atom. The first-order chi connectivity index (χ1) is 9.60. The van der Waals surface area contributed by atoms with Crippen molar-refractivity contribution in [1.82, 2.24) is 9.62 Å². The van der Waals surface area contributed by atoms with Gasteiger partial charge in [-0.2, -0.15) is 0 Å². The average Bonchev–Trinajstić information content (AvgIpc) is 3.06. The second-order valence-corrected chi connectivity index (χ2v) is 8.45. The minimum absolute atomic E-state index is 0.0590. The largest absolute Gasteiger partial charge is 0.326 e. The Hall–Kier alpha value is -0.470. The van der Waals surface area contributed by atoms with Crippen LogP contribution < -0.4 is 10.5 Å². The number of thiophene rings is 1. The van der Waals surface area contributed by atoms with Crippen LogP contribution in [0.15, 0.2) is 15.7 Å². The minimum atomic E-state index is -3.40. The van der Waals surface area contributed by atoms with Crippen LogP contribution in [0.25, 0.3) is 0 Å². The Kier molecular flexibility index (Phi) is 4.14. The van der Waals surface area contributed by atoms with Crippen LogP contribution in [0.4, 0.5) is 0 Å². The topological polar surface area (TPSA) is 75.4 Å². The number of fused-ring (bicyclic) bond motifs is 1. The highest BCUT2D eigenvalue weighted by atomic mass is 32.2. The van der Waals surface area contributed by atoms with E-state index in [-0.39, 0.29) is 6.04 Å². The predicted octanol–water partition coefficient (Wildman–Crippen LogP) is 1.11. The van der Waals surface area contributed by atoms with Gasteiger partial charge in [0, 0.05) is 25.2 Å². The lowest BCUT2D eigenvalue weighted by molar-refractivity contribution is 0.186. The Morgan fingerprint density at radius 2 is 2.20 bits per heavy atom. The zero-order valence-corrected chi connectivity index (χ0v) is 13.0. The standard InChI is InChI=1S/C13H21N3O2S2/c14-8-10-7-13(19-9-10)20(17,18)15-11-4-6-16-5-2-1-3-12(11)16/h7,9,11-12,15H,1-6,8,14H2. The van der Waals surface area contributed by atoms with Crippen molar-refractivity contribution < 1.29 is 8.42 Å². The number of piperidine rings is 1. The monoisotopic (exact) mass is 315 g/mol. The Balaban J connectivity index is 1.73. The summed E-state index contributed by atoms with van der Waals surface area (Å²) in [6, 6.07) is 2.12. The molecule has 3 rings (SSSR count). The minimum Gasteiger partial charge on any atom is -0.326 e. The van der Waals surface area contributed by atoms with Gasteiger partial charge in [-0.25, -0.2) is 13.1 Å². The van der Waals surface area contributed by atoms with Crippen LogP contribution in [0.2, 0.25) is 0 Å². The quantitative estimate of drug-likeness (QED) is 0.873. The van der Waals surface area contributed by atoms with Crippen LogP contribution >= 0.6 is 11.3 Å². The Morgan fingerprint density at radius 3 is 2.95 bits per heavy atom. The lowest BCUT2D eigenvalue weighted by Crippen LogP contribution is -2.46. The maximum Gasteiger partial charge on any atom is 0.250 e. The van der Waals surface area contributed by atoms with E-state index >= 15 is 0 Å². The fraction of sp³-hybridized carbons (Fsp3) is 0.692. The van der Waals surface area contributed by atoms with Crippen molar-refractivity contribution in [2.75, 3.05) is 13.1 Å². The number of rotatable bonds is 4. The predicted molar refractivity (Wildman–Crippen MR) is 80.1 cm³/mol. The van der Waals surface area contributed by atoms with E-state index < -0.39 is 10.0 Å². The molecule has 0 saturated carbocycles. The number of nitrogens with zero attached hydrogens (tertiary/aromatic N) is 1. The van der Waals surface area contributed by atoms with Gasteiger partial charge in [0.25, 0.3) is 0 Å². The smallest absolute Gasteiger partial charge is 0.250 e. The number of hydrogen-bond acceptors (Lipinski definition) is 5. The molecule has 1 aromatic heterocycles. The molecule has 0 bridgehead atoms. The summed E-state index contributed by atoms with van der Waals surface area (Å²) in [4.78, 5) is 2.43. The van der Waals surface area contributed by atoms with E-state index in [4.69, 9.17) is 5.73 Å². The van der Waals surface area contributed by atoms with Crippen molar-refractivity contribution in [2.45, 2.75) is 48.5 Å². The van der Waals surface area contributed by atoms with Crippen molar-refractivity contribution in [2.24, 2.45) is 5.73 Å². The maximum atomic E-state index is 12.4. The molecule has 2 saturated heterocycles. The van der Waals surface area contributed by atoms with Crippen LogP contribution in [0.5, 0.6) is 0 Å². The first kappa shape index (κ1) is 14.5. The Bertz CT molecular complexity index is 570. The van der Waals surface area contributed by atoms with Crippen LogP contribution in [-0.2, 0) is 16.6 Å². The number of sulfonamides is 1. The van der Waals surface area contributed by atoms with Gasteiger partial charge in [-0.15, -0.1) is 11.3 Å². The van der Waals surface area contributed by atoms with Gasteiger partial charge in [0.1, 0.15) is 4.21 Å². The lowest BCUT2D eigenvalue weighted by Gasteiger charge is -2.32. The van der Waals surface area contributed by atoms with Gasteiger partial charge in [0.2, 0.25) is 10.0 Å². The highest BCUT2D eigenvalue weighted by molar-refractivity contribution is 7.91. The van der Waals surface area contributed by atoms with Crippen molar-refractivity contribution in [1.29, 1.82) is 0 Å². The van der Waals surface area contributed by atoms with Crippen molar-refractivity contribution in [3.8, 4) is 0 Å². The van der Waals surface area contributed by atoms with Crippen LogP contribution in [0, 0.1) is 0 Å². The SMILES string of the molecule is NCc1csc(S(=O)(=O)NC2CCN3CCCCC23)c1. The molecule has 0 amide bonds. The van der Waals surface area contributed by atoms with E-state index in [1.54, 1.807) is 6.07 Å². The molecule has 2 atom stereocenters. The zero-order valence-electron chi connectivity index (χ0n) is 11.4. The summed E-state index contributed by atoms with van der Waals surface area (Å²) in [6.45, 7) is 2.50. The molecule has 2 aliphatic heterocycles. The summed E-state index contributed by atoms with van der Waals surface area (Å²) in [7, 11) is -3.40. The van der Waals surface area contributed by atoms with Crippen LogP contribution in [-0.4, -0.2) is 38.5 Å². The third-order valence-corrected chi connectivity index (χ3v) is 7.27. The van der Waals surface area contributed by atoms with E-state index in [1.165, 1.54) is 24.2 Å². The Labute approximate surface area is 124 Å². The van der Waals surface area contributed by atoms with Crippen molar-refractivity contribution in [3.05, 3.63) is 17.0 Å². The summed E-state index contributed by atoms with van der Waals surface area (Å²) >= 11 is 1.25. The van der Waals surface area contributed by atoms with Gasteiger partial charge in [0.15, 0.2) is 0 Å². The molecule has 0 spiro atoms. The molecule has 0 aromatic carbocycles. The van der Waals surface area contributed by atoms with Gasteiger partial charge in [0.05, 0.1) is 0 Å². The molecule has 1 aromatic rings. The van der Waals surface area contributed by atoms with Gasteiger partial charge >= 0.3 is 0 Å². The molecule has 7 heteroatoms. The van der Waals surface area contributed by atoms with E-state index in [2.05, 4.69) is 9.62 Å². The first-order valence-electron chi connectivity index (χ1n) is 7.14. The molecular formula is C13H21N3O2S2. The third kappa shape index (κ3) is 2.78. The van der Waals surface area contributed by atoms with Gasteiger partial charge in [-0.05, 0) is 42.8 Å². The fourth-order valence-corrected chi connectivity index (χ4v) is 5.79. The van der Waals surface area contributed by atoms with Gasteiger partial charge in [-0.1, -0.05) is 6.42 Å². The molecule has 2 unspecified atom stereocenters. The van der Waals surface area contributed by atoms with Crippen molar-refractivity contribution in [3.63, 3.8) is 0 Å². The second kappa shape index (κ2) is 5.73. The van der Waals surface area contributed by atoms with E-state index in [1.807, 2.05) is 5.38 Å². The molecule has 3 N–H and O–H groups in total. The molecule has 0 radical (unpaired) electrons. The maximum absolute atomic E-state index is 12.4. The second-order valence-electron chi connectivity index (χ2n) is 5.59. The summed E-state index contributed by atoms with van der Waals surface area (Å²) in [5.41, 5.74) is 6.42. The summed E-state index contributed by atoms with van der Waals surface area (Å²) in [6.07, 6.45) is 4.46. The number of nitrogens with two attached hydrogens (primary N) is 1. The number of hydrogen-bond donors (Lipinski definition) is 2. The average molecular weight is 315 g/mol. The molecule has 2 fully saturated rings. The molecule has 20 heavy (non-hydrogen) atoms. The summed E-state index contributed by atoms with van der Waals surface area (Å²) in [5.74, 6) is 0. The van der Waals surface area contributed by atoms with Gasteiger partial charge in [-0.3, -0.25) is 4.90 Å². The van der Waals surface area contributed by atoms with E-state index in [9.17, 15) is 8.42 Å². The van der Waals surface area contributed by atoms with Crippen LogP contribution in [0.1, 0.15) is 31.2 Å². The van der Waals surface area contributed by atoms with Gasteiger partial charge < -0.3 is 5.73 Å². The van der Waals surface area contributed by atoms with Crippen LogP contribution in [0.3, 0.4) is 0 Å². The van der Waals surface area contributed by atoms with E-state index in [0.29, 0.717) is 16.8 Å². The molecule has 112 valence electrons. The molecule has 3 heterocycles. The molecule has 5 nitrogen and oxygen atoms in total. The highest BCUT2D eigenvalue weighted by Crippen LogP contribution is 2.29. The highest BCUT2D eigenvalue weighted by Gasteiger charge is 2.37. The zero-order chi connectivity index (χ0) is 14.2. The van der Waals surface area contributed by atoms with E-state index in [0.717, 1.165) is 31.5 Å². The normalized spacial score (nSPS) is 27.6. The third-order valence-electron chi connectivity index (χ3n) is 4.29. The summed E-state index contributed by atoms with van der Waals surface area (Å²) < 4.78 is 28.2. The molecular weight excluding hydrogens is 294 g/mol.